The molecule has 2 amide bonds. The van der Waals surface area contributed by atoms with Crippen molar-refractivity contribution < 1.29 is 9.32 Å². The first-order valence-electron chi connectivity index (χ1n) is 6.46. The molecule has 0 aliphatic rings. The highest BCUT2D eigenvalue weighted by atomic mass is 16.5. The normalized spacial score (nSPS) is 11.2. The number of benzene rings is 1. The Morgan fingerprint density at radius 1 is 1.15 bits per heavy atom. The number of nitrogens with one attached hydrogen (secondary N) is 2. The molecule has 0 saturated heterocycles. The molecule has 0 spiro atoms. The van der Waals surface area contributed by atoms with E-state index in [4.69, 9.17) is 4.52 Å². The molecule has 0 unspecified atom stereocenters. The Labute approximate surface area is 118 Å². The third-order valence-electron chi connectivity index (χ3n) is 2.87. The SMILES string of the molecule is Cc1cc(NC(=O)Nc2ccc(C(C)(C)C)cc2)on1. The molecule has 0 aliphatic carbocycles. The number of urea groups is 1. The van der Waals surface area contributed by atoms with Gasteiger partial charge in [0.2, 0.25) is 5.88 Å². The minimum Gasteiger partial charge on any atom is -0.338 e. The average molecular weight is 273 g/mol. The van der Waals surface area contributed by atoms with Crippen LogP contribution in [-0.2, 0) is 5.41 Å². The molecule has 0 aliphatic heterocycles. The number of amides is 2. The lowest BCUT2D eigenvalue weighted by Crippen LogP contribution is -2.19. The van der Waals surface area contributed by atoms with E-state index in [9.17, 15) is 4.79 Å². The van der Waals surface area contributed by atoms with Crippen molar-refractivity contribution in [2.75, 3.05) is 10.6 Å². The van der Waals surface area contributed by atoms with Crippen molar-refractivity contribution in [3.63, 3.8) is 0 Å². The smallest absolute Gasteiger partial charge is 0.326 e. The molecule has 0 atom stereocenters. The summed E-state index contributed by atoms with van der Waals surface area (Å²) in [4.78, 5) is 11.8. The Bertz CT molecular complexity index is 594. The molecule has 106 valence electrons. The van der Waals surface area contributed by atoms with Gasteiger partial charge < -0.3 is 9.84 Å². The fraction of sp³-hybridized carbons (Fsp3) is 0.333. The molecule has 1 aromatic heterocycles. The Morgan fingerprint density at radius 3 is 2.30 bits per heavy atom. The zero-order valence-corrected chi connectivity index (χ0v) is 12.2. The fourth-order valence-corrected chi connectivity index (χ4v) is 1.75. The molecule has 0 fully saturated rings. The average Bonchev–Trinajstić information content (AvgIpc) is 2.74. The lowest BCUT2D eigenvalue weighted by atomic mass is 9.87. The van der Waals surface area contributed by atoms with Crippen LogP contribution < -0.4 is 10.6 Å². The third-order valence-corrected chi connectivity index (χ3v) is 2.87. The second kappa shape index (κ2) is 5.36. The van der Waals surface area contributed by atoms with Gasteiger partial charge in [0.15, 0.2) is 0 Å². The van der Waals surface area contributed by atoms with E-state index in [0.717, 1.165) is 11.4 Å². The van der Waals surface area contributed by atoms with Crippen LogP contribution in [0.3, 0.4) is 0 Å². The second-order valence-corrected chi connectivity index (χ2v) is 5.74. The van der Waals surface area contributed by atoms with Crippen molar-refractivity contribution in [2.45, 2.75) is 33.1 Å². The summed E-state index contributed by atoms with van der Waals surface area (Å²) in [7, 11) is 0. The maximum atomic E-state index is 11.8. The highest BCUT2D eigenvalue weighted by Crippen LogP contribution is 2.23. The number of hydrogen-bond donors (Lipinski definition) is 2. The summed E-state index contributed by atoms with van der Waals surface area (Å²) in [5.74, 6) is 0.325. The standard InChI is InChI=1S/C15H19N3O2/c1-10-9-13(20-18-10)17-14(19)16-12-7-5-11(6-8-12)15(2,3)4/h5-9H,1-4H3,(H2,16,17,19). The van der Waals surface area contributed by atoms with Gasteiger partial charge in [-0.15, -0.1) is 0 Å². The number of nitrogens with zero attached hydrogens (tertiary/aromatic N) is 1. The minimum absolute atomic E-state index is 0.0954. The zero-order chi connectivity index (χ0) is 14.8. The molecule has 20 heavy (non-hydrogen) atoms. The van der Waals surface area contributed by atoms with E-state index in [2.05, 4.69) is 36.6 Å². The number of aryl methyl sites for hydroxylation is 1. The zero-order valence-electron chi connectivity index (χ0n) is 12.2. The van der Waals surface area contributed by atoms with Gasteiger partial charge in [-0.2, -0.15) is 0 Å². The van der Waals surface area contributed by atoms with Crippen molar-refractivity contribution in [2.24, 2.45) is 0 Å². The summed E-state index contributed by atoms with van der Waals surface area (Å²) in [6, 6.07) is 9.08. The van der Waals surface area contributed by atoms with Crippen LogP contribution in [0.4, 0.5) is 16.4 Å². The third kappa shape index (κ3) is 3.60. The number of rotatable bonds is 2. The van der Waals surface area contributed by atoms with Crippen LogP contribution in [0.5, 0.6) is 0 Å². The first-order valence-corrected chi connectivity index (χ1v) is 6.46. The monoisotopic (exact) mass is 273 g/mol. The van der Waals surface area contributed by atoms with E-state index in [1.54, 1.807) is 13.0 Å². The summed E-state index contributed by atoms with van der Waals surface area (Å²) >= 11 is 0. The number of aromatic nitrogens is 1. The van der Waals surface area contributed by atoms with Gasteiger partial charge in [-0.05, 0) is 30.0 Å². The number of hydrogen-bond acceptors (Lipinski definition) is 3. The molecular weight excluding hydrogens is 254 g/mol. The Morgan fingerprint density at radius 2 is 1.80 bits per heavy atom. The molecule has 0 saturated carbocycles. The van der Waals surface area contributed by atoms with Crippen LogP contribution >= 0.6 is 0 Å². The minimum atomic E-state index is -0.357. The van der Waals surface area contributed by atoms with E-state index in [1.165, 1.54) is 5.56 Å². The molecule has 5 heteroatoms. The van der Waals surface area contributed by atoms with Crippen molar-refractivity contribution in [3.05, 3.63) is 41.6 Å². The van der Waals surface area contributed by atoms with Gasteiger partial charge in [-0.25, -0.2) is 4.79 Å². The van der Waals surface area contributed by atoms with Crippen LogP contribution in [0.1, 0.15) is 32.0 Å². The van der Waals surface area contributed by atoms with Crippen molar-refractivity contribution in [3.8, 4) is 0 Å². The first-order chi connectivity index (χ1) is 9.34. The van der Waals surface area contributed by atoms with Crippen LogP contribution in [0, 0.1) is 6.92 Å². The predicted octanol–water partition coefficient (Wildman–Crippen LogP) is 3.92. The molecule has 0 bridgehead atoms. The quantitative estimate of drug-likeness (QED) is 0.871. The van der Waals surface area contributed by atoms with E-state index >= 15 is 0 Å². The molecule has 1 heterocycles. The largest absolute Gasteiger partial charge is 0.338 e. The van der Waals surface area contributed by atoms with E-state index in [1.807, 2.05) is 24.3 Å². The van der Waals surface area contributed by atoms with Gasteiger partial charge >= 0.3 is 6.03 Å². The van der Waals surface area contributed by atoms with Crippen LogP contribution in [0.2, 0.25) is 0 Å². The van der Waals surface area contributed by atoms with Gasteiger partial charge in [0, 0.05) is 11.8 Å². The summed E-state index contributed by atoms with van der Waals surface area (Å²) in [5, 5.41) is 9.02. The van der Waals surface area contributed by atoms with Gasteiger partial charge in [-0.3, -0.25) is 5.32 Å². The molecule has 2 N–H and O–H groups in total. The van der Waals surface area contributed by atoms with Crippen molar-refractivity contribution in [1.82, 2.24) is 5.16 Å². The van der Waals surface area contributed by atoms with Crippen molar-refractivity contribution in [1.29, 1.82) is 0 Å². The topological polar surface area (TPSA) is 67.2 Å². The maximum Gasteiger partial charge on any atom is 0.326 e. The molecule has 2 aromatic rings. The molecular formula is C15H19N3O2. The molecule has 0 radical (unpaired) electrons. The predicted molar refractivity (Wildman–Crippen MR) is 79.0 cm³/mol. The van der Waals surface area contributed by atoms with Crippen molar-refractivity contribution >= 4 is 17.6 Å². The number of anilines is 2. The number of carbonyl (C=O) groups excluding carboxylic acids is 1. The fourth-order valence-electron chi connectivity index (χ4n) is 1.75. The van der Waals surface area contributed by atoms with E-state index in [-0.39, 0.29) is 11.4 Å². The maximum absolute atomic E-state index is 11.8. The van der Waals surface area contributed by atoms with Crippen LogP contribution in [0.25, 0.3) is 0 Å². The van der Waals surface area contributed by atoms with E-state index in [0.29, 0.717) is 5.88 Å². The summed E-state index contributed by atoms with van der Waals surface area (Å²) < 4.78 is 4.91. The molecule has 1 aromatic carbocycles. The Kier molecular flexibility index (Phi) is 3.79. The Hall–Kier alpha value is -2.30. The van der Waals surface area contributed by atoms with Crippen LogP contribution in [-0.4, -0.2) is 11.2 Å². The molecule has 5 nitrogen and oxygen atoms in total. The first kappa shape index (κ1) is 14.1. The lowest BCUT2D eigenvalue weighted by Gasteiger charge is -2.19. The van der Waals surface area contributed by atoms with Gasteiger partial charge in [0.25, 0.3) is 0 Å². The second-order valence-electron chi connectivity index (χ2n) is 5.74. The number of carbonyl (C=O) groups is 1. The van der Waals surface area contributed by atoms with Crippen LogP contribution in [0.15, 0.2) is 34.9 Å². The lowest BCUT2D eigenvalue weighted by molar-refractivity contribution is 0.261. The summed E-state index contributed by atoms with van der Waals surface area (Å²) in [6.45, 7) is 8.23. The van der Waals surface area contributed by atoms with Gasteiger partial charge in [-0.1, -0.05) is 38.1 Å². The highest BCUT2D eigenvalue weighted by molar-refractivity contribution is 5.98. The Balaban J connectivity index is 1.98. The summed E-state index contributed by atoms with van der Waals surface area (Å²) in [6.07, 6.45) is 0. The summed E-state index contributed by atoms with van der Waals surface area (Å²) in [5.41, 5.74) is 2.76. The molecule has 2 rings (SSSR count). The van der Waals surface area contributed by atoms with E-state index < -0.39 is 0 Å². The van der Waals surface area contributed by atoms with Gasteiger partial charge in [0.05, 0.1) is 5.69 Å². The highest BCUT2D eigenvalue weighted by Gasteiger charge is 2.13. The van der Waals surface area contributed by atoms with Gasteiger partial charge in [0.1, 0.15) is 0 Å².